The number of rotatable bonds is 4. The van der Waals surface area contributed by atoms with Gasteiger partial charge in [-0.15, -0.1) is 11.3 Å². The van der Waals surface area contributed by atoms with Crippen molar-refractivity contribution in [1.29, 1.82) is 0 Å². The molecule has 62 heavy (non-hydrogen) atoms. The van der Waals surface area contributed by atoms with Gasteiger partial charge in [-0.25, -0.2) is 0 Å². The highest BCUT2D eigenvalue weighted by Crippen LogP contribution is 2.71. The Morgan fingerprint density at radius 3 is 2.02 bits per heavy atom. The predicted molar refractivity (Wildman–Crippen MR) is 259 cm³/mol. The summed E-state index contributed by atoms with van der Waals surface area (Å²) in [6, 6.07) is 66.1. The van der Waals surface area contributed by atoms with Crippen LogP contribution in [0.2, 0.25) is 0 Å². The Morgan fingerprint density at radius 1 is 0.500 bits per heavy atom. The minimum Gasteiger partial charge on any atom is -0.456 e. The van der Waals surface area contributed by atoms with Crippen LogP contribution in [0.3, 0.4) is 0 Å². The molecule has 8 aromatic carbocycles. The Kier molecular flexibility index (Phi) is 7.03. The number of furan rings is 1. The number of allylic oxidation sites excluding steroid dienone is 2. The van der Waals surface area contributed by atoms with Crippen molar-refractivity contribution in [3.63, 3.8) is 0 Å². The van der Waals surface area contributed by atoms with Crippen LogP contribution in [0.5, 0.6) is 0 Å². The van der Waals surface area contributed by atoms with Gasteiger partial charge in [0.15, 0.2) is 0 Å². The SMILES string of the molecule is CC1(C)c2ccccc2C2(c3ccccc3-c3ccc(-c4ccc(N(c5ccc6c(c5)oc5ccccc56)c5ccc6c(c5)sc5ccccc56)cc4)cc32)C2C3CC3C=CC21. The molecule has 4 aliphatic rings. The van der Waals surface area contributed by atoms with E-state index in [1.54, 1.807) is 0 Å². The summed E-state index contributed by atoms with van der Waals surface area (Å²) in [4.78, 5) is 2.39. The van der Waals surface area contributed by atoms with E-state index in [1.165, 1.54) is 71.1 Å². The lowest BCUT2D eigenvalue weighted by Crippen LogP contribution is -2.53. The predicted octanol–water partition coefficient (Wildman–Crippen LogP) is 16.1. The van der Waals surface area contributed by atoms with Gasteiger partial charge in [0.05, 0.1) is 5.41 Å². The van der Waals surface area contributed by atoms with Crippen molar-refractivity contribution in [2.45, 2.75) is 31.1 Å². The first-order valence-electron chi connectivity index (χ1n) is 22.2. The van der Waals surface area contributed by atoms with Crippen LogP contribution in [-0.4, -0.2) is 0 Å². The smallest absolute Gasteiger partial charge is 0.137 e. The van der Waals surface area contributed by atoms with E-state index in [-0.39, 0.29) is 10.8 Å². The Hall–Kier alpha value is -6.68. The number of nitrogens with zero attached hydrogens (tertiary/aromatic N) is 1. The van der Waals surface area contributed by atoms with Gasteiger partial charge >= 0.3 is 0 Å². The van der Waals surface area contributed by atoms with Crippen molar-refractivity contribution in [2.24, 2.45) is 23.7 Å². The van der Waals surface area contributed by atoms with Gasteiger partial charge in [0.25, 0.3) is 0 Å². The molecule has 1 spiro atoms. The zero-order valence-corrected chi connectivity index (χ0v) is 35.5. The van der Waals surface area contributed by atoms with Crippen molar-refractivity contribution in [3.05, 3.63) is 210 Å². The molecule has 0 saturated heterocycles. The average Bonchev–Trinajstić information content (AvgIpc) is 3.77. The third-order valence-corrected chi connectivity index (χ3v) is 16.6. The molecule has 0 N–H and O–H groups in total. The summed E-state index contributed by atoms with van der Waals surface area (Å²) in [7, 11) is 0. The van der Waals surface area contributed by atoms with Gasteiger partial charge in [0, 0.05) is 54.1 Å². The maximum atomic E-state index is 6.46. The molecule has 0 amide bonds. The third kappa shape index (κ3) is 4.64. The molecular weight excluding hydrogens is 771 g/mol. The Labute approximate surface area is 365 Å². The summed E-state index contributed by atoms with van der Waals surface area (Å²) in [5, 5.41) is 4.88. The minimum atomic E-state index is -0.208. The Morgan fingerprint density at radius 2 is 1.15 bits per heavy atom. The Balaban J connectivity index is 0.926. The molecule has 4 aliphatic carbocycles. The van der Waals surface area contributed by atoms with E-state index >= 15 is 0 Å². The molecule has 14 rings (SSSR count). The lowest BCUT2D eigenvalue weighted by Gasteiger charge is -2.56. The molecule has 296 valence electrons. The molecule has 5 unspecified atom stereocenters. The van der Waals surface area contributed by atoms with Crippen LogP contribution in [-0.2, 0) is 10.8 Å². The zero-order valence-electron chi connectivity index (χ0n) is 34.7. The molecular formula is C59H43NOS. The lowest BCUT2D eigenvalue weighted by atomic mass is 9.46. The van der Waals surface area contributed by atoms with E-state index in [9.17, 15) is 0 Å². The molecule has 1 fully saturated rings. The molecule has 5 atom stereocenters. The summed E-state index contributed by atoms with van der Waals surface area (Å²) in [5.41, 5.74) is 16.2. The van der Waals surface area contributed by atoms with E-state index in [0.29, 0.717) is 23.7 Å². The summed E-state index contributed by atoms with van der Waals surface area (Å²) in [6.45, 7) is 5.00. The number of benzene rings is 8. The first kappa shape index (κ1) is 35.0. The monoisotopic (exact) mass is 813 g/mol. The second-order valence-electron chi connectivity index (χ2n) is 18.8. The van der Waals surface area contributed by atoms with Crippen LogP contribution in [0.25, 0.3) is 64.4 Å². The van der Waals surface area contributed by atoms with Crippen LogP contribution in [0.4, 0.5) is 17.1 Å². The zero-order chi connectivity index (χ0) is 40.9. The fourth-order valence-electron chi connectivity index (χ4n) is 12.6. The van der Waals surface area contributed by atoms with E-state index in [4.69, 9.17) is 4.42 Å². The van der Waals surface area contributed by atoms with Gasteiger partial charge in [0.2, 0.25) is 0 Å². The normalized spacial score (nSPS) is 22.4. The quantitative estimate of drug-likeness (QED) is 0.165. The van der Waals surface area contributed by atoms with Gasteiger partial charge in [-0.3, -0.25) is 0 Å². The number of anilines is 3. The second kappa shape index (κ2) is 12.5. The summed E-state index contributed by atoms with van der Waals surface area (Å²) in [6.07, 6.45) is 6.48. The van der Waals surface area contributed by atoms with Crippen molar-refractivity contribution >= 4 is 70.5 Å². The van der Waals surface area contributed by atoms with Crippen molar-refractivity contribution in [1.82, 2.24) is 0 Å². The van der Waals surface area contributed by atoms with Crippen molar-refractivity contribution in [3.8, 4) is 22.3 Å². The number of thiophene rings is 1. The van der Waals surface area contributed by atoms with Crippen molar-refractivity contribution in [2.75, 3.05) is 4.90 Å². The molecule has 0 aliphatic heterocycles. The first-order valence-corrected chi connectivity index (χ1v) is 23.0. The summed E-state index contributed by atoms with van der Waals surface area (Å²) in [5.74, 6) is 2.34. The topological polar surface area (TPSA) is 16.4 Å². The highest BCUT2D eigenvalue weighted by Gasteiger charge is 2.65. The fraction of sp³-hybridized carbons (Fsp3) is 0.153. The standard InChI is InChI=1S/C59H43NOS/c1-58(2)49-15-7-8-16-50(49)59(57-47-31-37(47)22-30-51(57)58)48-14-6-3-11-41(48)42-27-21-36(32-52(42)59)35-19-23-38(24-20-35)60(39-25-28-44-43-12-4-9-17-53(43)61-54(44)33-39)40-26-29-46-45-13-5-10-18-55(45)62-56(46)34-40/h3-30,32-34,37,47,51,57H,31H2,1-2H3. The minimum absolute atomic E-state index is 0.0457. The number of hydrogen-bond donors (Lipinski definition) is 0. The van der Waals surface area contributed by atoms with Gasteiger partial charge in [-0.05, 0) is 135 Å². The maximum absolute atomic E-state index is 6.46. The molecule has 2 aromatic heterocycles. The van der Waals surface area contributed by atoms with Crippen LogP contribution >= 0.6 is 11.3 Å². The fourth-order valence-corrected chi connectivity index (χ4v) is 13.8. The molecule has 3 heteroatoms. The highest BCUT2D eigenvalue weighted by molar-refractivity contribution is 7.25. The van der Waals surface area contributed by atoms with Crippen LogP contribution in [0.15, 0.2) is 192 Å². The lowest BCUT2D eigenvalue weighted by molar-refractivity contribution is 0.147. The number of hydrogen-bond acceptors (Lipinski definition) is 3. The molecule has 2 nitrogen and oxygen atoms in total. The van der Waals surface area contributed by atoms with Crippen molar-refractivity contribution < 1.29 is 4.42 Å². The molecule has 0 bridgehead atoms. The van der Waals surface area contributed by atoms with Crippen LogP contribution in [0, 0.1) is 23.7 Å². The first-order chi connectivity index (χ1) is 30.5. The number of para-hydroxylation sites is 1. The molecule has 0 radical (unpaired) electrons. The molecule has 10 aromatic rings. The average molecular weight is 814 g/mol. The molecule has 2 heterocycles. The van der Waals surface area contributed by atoms with E-state index in [2.05, 4.69) is 201 Å². The maximum Gasteiger partial charge on any atom is 0.137 e. The van der Waals surface area contributed by atoms with Gasteiger partial charge in [0.1, 0.15) is 11.2 Å². The van der Waals surface area contributed by atoms with Crippen LogP contribution in [0.1, 0.15) is 42.5 Å². The largest absolute Gasteiger partial charge is 0.456 e. The highest BCUT2D eigenvalue weighted by atomic mass is 32.1. The second-order valence-corrected chi connectivity index (χ2v) is 19.9. The van der Waals surface area contributed by atoms with Gasteiger partial charge < -0.3 is 9.32 Å². The van der Waals surface area contributed by atoms with Gasteiger partial charge in [-0.2, -0.15) is 0 Å². The number of fused-ring (bicyclic) bond motifs is 17. The Bertz CT molecular complexity index is 3420. The molecule has 1 saturated carbocycles. The van der Waals surface area contributed by atoms with Gasteiger partial charge in [-0.1, -0.05) is 141 Å². The third-order valence-electron chi connectivity index (χ3n) is 15.5. The van der Waals surface area contributed by atoms with E-state index < -0.39 is 0 Å². The van der Waals surface area contributed by atoms with E-state index in [1.807, 2.05) is 17.4 Å². The van der Waals surface area contributed by atoms with E-state index in [0.717, 1.165) is 39.0 Å². The summed E-state index contributed by atoms with van der Waals surface area (Å²) < 4.78 is 9.05. The van der Waals surface area contributed by atoms with Crippen LogP contribution < -0.4 is 4.90 Å². The summed E-state index contributed by atoms with van der Waals surface area (Å²) >= 11 is 1.86.